The summed E-state index contributed by atoms with van der Waals surface area (Å²) in [6, 6.07) is 4.20. The number of alkyl halides is 1. The zero-order chi connectivity index (χ0) is 21.5. The number of nitriles is 1. The van der Waals surface area contributed by atoms with Gasteiger partial charge in [0.05, 0.1) is 28.7 Å². The van der Waals surface area contributed by atoms with E-state index in [1.807, 2.05) is 23.9 Å². The van der Waals surface area contributed by atoms with Crippen LogP contribution >= 0.6 is 0 Å². The van der Waals surface area contributed by atoms with Crippen molar-refractivity contribution >= 4 is 22.8 Å². The second kappa shape index (κ2) is 7.58. The van der Waals surface area contributed by atoms with Crippen molar-refractivity contribution in [3.63, 3.8) is 0 Å². The molecular weight excluding hydrogens is 401 g/mol. The number of hydrogen-bond donors (Lipinski definition) is 1. The molecule has 0 spiro atoms. The van der Waals surface area contributed by atoms with Gasteiger partial charge in [0, 0.05) is 58.5 Å². The van der Waals surface area contributed by atoms with E-state index in [1.54, 1.807) is 17.4 Å². The first kappa shape index (κ1) is 19.4. The molecule has 1 amide bonds. The second-order valence-corrected chi connectivity index (χ2v) is 8.01. The van der Waals surface area contributed by atoms with Gasteiger partial charge >= 0.3 is 6.09 Å². The maximum Gasteiger partial charge on any atom is 0.410 e. The van der Waals surface area contributed by atoms with Crippen molar-refractivity contribution in [1.82, 2.24) is 24.4 Å². The zero-order valence-corrected chi connectivity index (χ0v) is 17.1. The number of ether oxygens (including phenoxy) is 1. The van der Waals surface area contributed by atoms with Crippen molar-refractivity contribution in [1.29, 1.82) is 5.26 Å². The molecular formula is C21H22FN7O2. The van der Waals surface area contributed by atoms with E-state index < -0.39 is 6.17 Å². The van der Waals surface area contributed by atoms with Crippen LogP contribution in [-0.2, 0) is 11.8 Å². The van der Waals surface area contributed by atoms with Crippen LogP contribution in [0.3, 0.4) is 0 Å². The summed E-state index contributed by atoms with van der Waals surface area (Å²) >= 11 is 0. The number of carbonyl (C=O) groups is 1. The Bertz CT molecular complexity index is 1170. The number of nitrogens with one attached hydrogen (secondary N) is 1. The van der Waals surface area contributed by atoms with Crippen LogP contribution in [0.5, 0.6) is 0 Å². The summed E-state index contributed by atoms with van der Waals surface area (Å²) in [5, 5.41) is 10.7. The standard InChI is InChI=1S/C21H22FN7O2/c1-27-11-16(25-12-27)19-15(10-23)18-17(2-3-24-20(18)26-19)28-4-6-29(7-5-28)21(30)31-14-8-13(22)9-14/h2-3,11-14H,4-9H2,1H3,(H,24,26). The SMILES string of the molecule is Cn1cnc(-c2[nH]c3nccc(N4CCN(C(=O)OC5CC(F)C5)CC4)c3c2C#N)c1. The number of aromatic nitrogens is 4. The molecule has 3 aromatic heterocycles. The molecule has 1 aliphatic carbocycles. The van der Waals surface area contributed by atoms with Gasteiger partial charge in [-0.2, -0.15) is 5.26 Å². The Morgan fingerprint density at radius 3 is 2.71 bits per heavy atom. The number of fused-ring (bicyclic) bond motifs is 1. The number of aromatic amines is 1. The van der Waals surface area contributed by atoms with Gasteiger partial charge < -0.3 is 24.1 Å². The number of rotatable bonds is 3. The highest BCUT2D eigenvalue weighted by molar-refractivity contribution is 5.99. The summed E-state index contributed by atoms with van der Waals surface area (Å²) in [4.78, 5) is 28.1. The second-order valence-electron chi connectivity index (χ2n) is 8.01. The van der Waals surface area contributed by atoms with Crippen molar-refractivity contribution in [2.45, 2.75) is 25.1 Å². The highest BCUT2D eigenvalue weighted by atomic mass is 19.1. The van der Waals surface area contributed by atoms with Gasteiger partial charge in [-0.3, -0.25) is 0 Å². The molecule has 31 heavy (non-hydrogen) atoms. The fourth-order valence-electron chi connectivity index (χ4n) is 4.15. The van der Waals surface area contributed by atoms with Gasteiger partial charge in [-0.25, -0.2) is 19.2 Å². The van der Waals surface area contributed by atoms with Crippen molar-refractivity contribution in [2.24, 2.45) is 7.05 Å². The quantitative estimate of drug-likeness (QED) is 0.695. The molecule has 9 nitrogen and oxygen atoms in total. The summed E-state index contributed by atoms with van der Waals surface area (Å²) < 4.78 is 20.1. The number of imidazole rings is 1. The number of hydrogen-bond acceptors (Lipinski definition) is 6. The predicted octanol–water partition coefficient (Wildman–Crippen LogP) is 2.59. The van der Waals surface area contributed by atoms with Crippen LogP contribution in [0.25, 0.3) is 22.4 Å². The van der Waals surface area contributed by atoms with E-state index in [-0.39, 0.29) is 12.2 Å². The van der Waals surface area contributed by atoms with Crippen LogP contribution in [0.2, 0.25) is 0 Å². The summed E-state index contributed by atoms with van der Waals surface area (Å²) in [7, 11) is 1.88. The number of anilines is 1. The van der Waals surface area contributed by atoms with E-state index >= 15 is 0 Å². The number of H-pyrrole nitrogens is 1. The molecule has 0 atom stereocenters. The smallest absolute Gasteiger partial charge is 0.410 e. The number of nitrogens with zero attached hydrogens (tertiary/aromatic N) is 6. The number of amides is 1. The Kier molecular flexibility index (Phi) is 4.73. The van der Waals surface area contributed by atoms with Gasteiger partial charge in [-0.1, -0.05) is 0 Å². The largest absolute Gasteiger partial charge is 0.446 e. The minimum atomic E-state index is -0.851. The van der Waals surface area contributed by atoms with Crippen LogP contribution in [0, 0.1) is 11.3 Å². The van der Waals surface area contributed by atoms with E-state index in [1.165, 1.54) is 0 Å². The minimum Gasteiger partial charge on any atom is -0.446 e. The minimum absolute atomic E-state index is 0.295. The summed E-state index contributed by atoms with van der Waals surface area (Å²) in [6.45, 7) is 2.18. The van der Waals surface area contributed by atoms with Gasteiger partial charge in [0.1, 0.15) is 29.7 Å². The van der Waals surface area contributed by atoms with E-state index in [4.69, 9.17) is 4.74 Å². The van der Waals surface area contributed by atoms with Gasteiger partial charge in [-0.05, 0) is 6.07 Å². The van der Waals surface area contributed by atoms with E-state index in [9.17, 15) is 14.4 Å². The Hall–Kier alpha value is -3.61. The van der Waals surface area contributed by atoms with Crippen molar-refractivity contribution < 1.29 is 13.9 Å². The lowest BCUT2D eigenvalue weighted by Crippen LogP contribution is -2.50. The van der Waals surface area contributed by atoms with Crippen LogP contribution in [0.1, 0.15) is 18.4 Å². The molecule has 0 radical (unpaired) electrons. The Morgan fingerprint density at radius 1 is 1.29 bits per heavy atom. The fourth-order valence-corrected chi connectivity index (χ4v) is 4.15. The molecule has 160 valence electrons. The maximum absolute atomic E-state index is 13.0. The van der Waals surface area contributed by atoms with E-state index in [0.29, 0.717) is 61.6 Å². The highest BCUT2D eigenvalue weighted by Crippen LogP contribution is 2.35. The predicted molar refractivity (Wildman–Crippen MR) is 111 cm³/mol. The monoisotopic (exact) mass is 423 g/mol. The summed E-state index contributed by atoms with van der Waals surface area (Å²) in [5.41, 5.74) is 3.35. The van der Waals surface area contributed by atoms with Crippen LogP contribution < -0.4 is 4.90 Å². The highest BCUT2D eigenvalue weighted by Gasteiger charge is 2.34. The first-order chi connectivity index (χ1) is 15.0. The lowest BCUT2D eigenvalue weighted by molar-refractivity contribution is -0.0132. The molecule has 0 aromatic carbocycles. The molecule has 2 fully saturated rings. The summed E-state index contributed by atoms with van der Waals surface area (Å²) in [5.74, 6) is 0. The molecule has 0 bridgehead atoms. The zero-order valence-electron chi connectivity index (χ0n) is 17.1. The topological polar surface area (TPSA) is 103 Å². The fraction of sp³-hybridized carbons (Fsp3) is 0.429. The number of carbonyl (C=O) groups excluding carboxylic acids is 1. The van der Waals surface area contributed by atoms with E-state index in [0.717, 1.165) is 11.1 Å². The molecule has 4 heterocycles. The van der Waals surface area contributed by atoms with Crippen molar-refractivity contribution in [3.05, 3.63) is 30.4 Å². The first-order valence-corrected chi connectivity index (χ1v) is 10.3. The number of halogens is 1. The number of pyridine rings is 1. The average molecular weight is 423 g/mol. The third kappa shape index (κ3) is 3.46. The molecule has 1 saturated carbocycles. The average Bonchev–Trinajstić information content (AvgIpc) is 3.35. The van der Waals surface area contributed by atoms with Crippen LogP contribution in [-0.4, -0.2) is 69.0 Å². The molecule has 0 unspecified atom stereocenters. The third-order valence-corrected chi connectivity index (χ3v) is 5.93. The van der Waals surface area contributed by atoms with Gasteiger partial charge in [-0.15, -0.1) is 0 Å². The molecule has 2 aliphatic rings. The number of aryl methyl sites for hydroxylation is 1. The van der Waals surface area contributed by atoms with Crippen LogP contribution in [0.15, 0.2) is 24.8 Å². The molecule has 1 aliphatic heterocycles. The first-order valence-electron chi connectivity index (χ1n) is 10.3. The maximum atomic E-state index is 13.0. The Morgan fingerprint density at radius 2 is 2.06 bits per heavy atom. The normalized spacial score (nSPS) is 21.1. The summed E-state index contributed by atoms with van der Waals surface area (Å²) in [6.07, 6.45) is 4.30. The lowest BCUT2D eigenvalue weighted by atomic mass is 9.94. The van der Waals surface area contributed by atoms with Gasteiger partial charge in [0.25, 0.3) is 0 Å². The number of piperazine rings is 1. The van der Waals surface area contributed by atoms with Gasteiger partial charge in [0.15, 0.2) is 0 Å². The van der Waals surface area contributed by atoms with Crippen molar-refractivity contribution in [3.8, 4) is 17.5 Å². The third-order valence-electron chi connectivity index (χ3n) is 5.93. The lowest BCUT2D eigenvalue weighted by Gasteiger charge is -2.37. The molecule has 1 N–H and O–H groups in total. The molecule has 5 rings (SSSR count). The molecule has 3 aromatic rings. The molecule has 1 saturated heterocycles. The van der Waals surface area contributed by atoms with Crippen molar-refractivity contribution in [2.75, 3.05) is 31.1 Å². The van der Waals surface area contributed by atoms with Gasteiger partial charge in [0.2, 0.25) is 0 Å². The Balaban J connectivity index is 1.37. The van der Waals surface area contributed by atoms with E-state index in [2.05, 4.69) is 25.9 Å². The molecule has 10 heteroatoms. The Labute approximate surface area is 178 Å². The van der Waals surface area contributed by atoms with Crippen LogP contribution in [0.4, 0.5) is 14.9 Å².